The van der Waals surface area contributed by atoms with E-state index in [1.807, 2.05) is 12.1 Å². The molecule has 2 heteroatoms. The fourth-order valence-electron chi connectivity index (χ4n) is 2.54. The van der Waals surface area contributed by atoms with Crippen LogP contribution in [-0.2, 0) is 5.41 Å². The summed E-state index contributed by atoms with van der Waals surface area (Å²) in [5, 5.41) is 18.2. The summed E-state index contributed by atoms with van der Waals surface area (Å²) in [5.41, 5.74) is 1.46. The predicted octanol–water partition coefficient (Wildman–Crippen LogP) is 3.36. The Bertz CT molecular complexity index is 394. The van der Waals surface area contributed by atoms with Crippen molar-refractivity contribution >= 4 is 0 Å². The number of benzene rings is 1. The van der Waals surface area contributed by atoms with Crippen molar-refractivity contribution < 1.29 is 5.11 Å². The Kier molecular flexibility index (Phi) is 2.87. The summed E-state index contributed by atoms with van der Waals surface area (Å²) >= 11 is 0. The molecule has 0 saturated heterocycles. The summed E-state index contributed by atoms with van der Waals surface area (Å²) in [6.07, 6.45) is 4.12. The summed E-state index contributed by atoms with van der Waals surface area (Å²) in [6, 6.07) is 9.86. The van der Waals surface area contributed by atoms with E-state index in [2.05, 4.69) is 13.0 Å². The average molecular weight is 215 g/mol. The lowest BCUT2D eigenvalue weighted by Gasteiger charge is -2.36. The molecule has 0 unspecified atom stereocenters. The molecule has 0 aliphatic heterocycles. The molecule has 1 aromatic rings. The van der Waals surface area contributed by atoms with E-state index in [1.54, 1.807) is 12.1 Å². The molecule has 0 aromatic heterocycles. The van der Waals surface area contributed by atoms with Gasteiger partial charge in [0, 0.05) is 5.92 Å². The molecule has 0 radical (unpaired) electrons. The summed E-state index contributed by atoms with van der Waals surface area (Å²) in [4.78, 5) is 0. The van der Waals surface area contributed by atoms with Crippen LogP contribution in [0.5, 0.6) is 5.75 Å². The van der Waals surface area contributed by atoms with Crippen LogP contribution in [0.15, 0.2) is 24.3 Å². The van der Waals surface area contributed by atoms with Gasteiger partial charge in [0.05, 0.1) is 6.07 Å². The second kappa shape index (κ2) is 4.17. The van der Waals surface area contributed by atoms with Gasteiger partial charge in [-0.15, -0.1) is 0 Å². The van der Waals surface area contributed by atoms with Gasteiger partial charge in [0.15, 0.2) is 0 Å². The fraction of sp³-hybridized carbons (Fsp3) is 0.500. The molecule has 16 heavy (non-hydrogen) atoms. The first-order valence-corrected chi connectivity index (χ1v) is 5.83. The van der Waals surface area contributed by atoms with Crippen LogP contribution in [0.25, 0.3) is 0 Å². The lowest BCUT2D eigenvalue weighted by molar-refractivity contribution is 0.282. The first-order valence-electron chi connectivity index (χ1n) is 5.83. The lowest BCUT2D eigenvalue weighted by atomic mass is 9.68. The van der Waals surface area contributed by atoms with Gasteiger partial charge in [0.25, 0.3) is 0 Å². The van der Waals surface area contributed by atoms with Crippen molar-refractivity contribution in [3.05, 3.63) is 29.8 Å². The minimum absolute atomic E-state index is 0.182. The predicted molar refractivity (Wildman–Crippen MR) is 63.0 cm³/mol. The highest BCUT2D eigenvalue weighted by molar-refractivity contribution is 5.31. The maximum atomic E-state index is 9.28. The van der Waals surface area contributed by atoms with Crippen molar-refractivity contribution in [3.63, 3.8) is 0 Å². The van der Waals surface area contributed by atoms with E-state index in [0.717, 1.165) is 25.7 Å². The van der Waals surface area contributed by atoms with E-state index in [4.69, 9.17) is 5.26 Å². The highest BCUT2D eigenvalue weighted by Crippen LogP contribution is 2.41. The normalized spacial score (nSPS) is 29.6. The van der Waals surface area contributed by atoms with E-state index < -0.39 is 0 Å². The van der Waals surface area contributed by atoms with Gasteiger partial charge in [-0.1, -0.05) is 19.1 Å². The zero-order valence-electron chi connectivity index (χ0n) is 9.61. The largest absolute Gasteiger partial charge is 0.508 e. The van der Waals surface area contributed by atoms with Gasteiger partial charge in [0.2, 0.25) is 0 Å². The molecule has 0 bridgehead atoms. The maximum Gasteiger partial charge on any atom is 0.115 e. The molecular formula is C14H17NO. The number of aromatic hydroxyl groups is 1. The van der Waals surface area contributed by atoms with E-state index >= 15 is 0 Å². The molecule has 1 aliphatic rings. The topological polar surface area (TPSA) is 44.0 Å². The van der Waals surface area contributed by atoms with Gasteiger partial charge in [0.1, 0.15) is 5.75 Å². The Hall–Kier alpha value is -1.49. The standard InChI is InChI=1S/C14H17NO/c1-14(8-6-11(10-15)7-9-14)12-2-4-13(16)5-3-12/h2-5,11,16H,6-9H2,1H3. The summed E-state index contributed by atoms with van der Waals surface area (Å²) < 4.78 is 0. The molecule has 0 heterocycles. The Morgan fingerprint density at radius 3 is 2.31 bits per heavy atom. The van der Waals surface area contributed by atoms with Crippen molar-refractivity contribution in [2.24, 2.45) is 5.92 Å². The number of hydrogen-bond donors (Lipinski definition) is 1. The molecule has 0 atom stereocenters. The Morgan fingerprint density at radius 2 is 1.81 bits per heavy atom. The van der Waals surface area contributed by atoms with E-state index in [1.165, 1.54) is 5.56 Å². The molecule has 1 aromatic carbocycles. The van der Waals surface area contributed by atoms with Crippen LogP contribution < -0.4 is 0 Å². The molecular weight excluding hydrogens is 198 g/mol. The van der Waals surface area contributed by atoms with Gasteiger partial charge in [-0.2, -0.15) is 5.26 Å². The highest BCUT2D eigenvalue weighted by Gasteiger charge is 2.32. The van der Waals surface area contributed by atoms with Crippen LogP contribution in [0, 0.1) is 17.2 Å². The van der Waals surface area contributed by atoms with Crippen LogP contribution in [0.3, 0.4) is 0 Å². The third-order valence-corrected chi connectivity index (χ3v) is 3.84. The monoisotopic (exact) mass is 215 g/mol. The Labute approximate surface area is 96.5 Å². The maximum absolute atomic E-state index is 9.28. The third-order valence-electron chi connectivity index (χ3n) is 3.84. The average Bonchev–Trinajstić information content (AvgIpc) is 2.31. The number of phenols is 1. The van der Waals surface area contributed by atoms with Crippen molar-refractivity contribution in [2.75, 3.05) is 0 Å². The summed E-state index contributed by atoms with van der Waals surface area (Å²) in [5.74, 6) is 0.559. The molecule has 1 aliphatic carbocycles. The zero-order chi connectivity index (χ0) is 11.6. The Balaban J connectivity index is 2.15. The van der Waals surface area contributed by atoms with Crippen molar-refractivity contribution in [2.45, 2.75) is 38.0 Å². The smallest absolute Gasteiger partial charge is 0.115 e. The Morgan fingerprint density at radius 1 is 1.25 bits per heavy atom. The fourth-order valence-corrected chi connectivity index (χ4v) is 2.54. The third kappa shape index (κ3) is 2.04. The molecule has 2 rings (SSSR count). The zero-order valence-corrected chi connectivity index (χ0v) is 9.61. The van der Waals surface area contributed by atoms with Crippen LogP contribution in [-0.4, -0.2) is 5.11 Å². The van der Waals surface area contributed by atoms with Gasteiger partial charge >= 0.3 is 0 Å². The number of rotatable bonds is 1. The highest BCUT2D eigenvalue weighted by atomic mass is 16.3. The minimum atomic E-state index is 0.182. The van der Waals surface area contributed by atoms with Crippen molar-refractivity contribution in [3.8, 4) is 11.8 Å². The molecule has 0 spiro atoms. The molecule has 84 valence electrons. The van der Waals surface area contributed by atoms with E-state index in [9.17, 15) is 5.11 Å². The first-order chi connectivity index (χ1) is 7.64. The van der Waals surface area contributed by atoms with Crippen LogP contribution in [0.4, 0.5) is 0 Å². The quantitative estimate of drug-likeness (QED) is 0.780. The summed E-state index contributed by atoms with van der Waals surface area (Å²) in [6.45, 7) is 2.26. The number of nitrogens with zero attached hydrogens (tertiary/aromatic N) is 1. The van der Waals surface area contributed by atoms with Crippen LogP contribution >= 0.6 is 0 Å². The summed E-state index contributed by atoms with van der Waals surface area (Å²) in [7, 11) is 0. The molecule has 2 nitrogen and oxygen atoms in total. The van der Waals surface area contributed by atoms with E-state index in [0.29, 0.717) is 5.75 Å². The van der Waals surface area contributed by atoms with E-state index in [-0.39, 0.29) is 11.3 Å². The first kappa shape index (κ1) is 11.0. The molecule has 1 saturated carbocycles. The van der Waals surface area contributed by atoms with Crippen molar-refractivity contribution in [1.29, 1.82) is 5.26 Å². The molecule has 1 N–H and O–H groups in total. The van der Waals surface area contributed by atoms with Crippen LogP contribution in [0.2, 0.25) is 0 Å². The minimum Gasteiger partial charge on any atom is -0.508 e. The van der Waals surface area contributed by atoms with Gasteiger partial charge in [-0.3, -0.25) is 0 Å². The lowest BCUT2D eigenvalue weighted by Crippen LogP contribution is -2.28. The SMILES string of the molecule is CC1(c2ccc(O)cc2)CCC(C#N)CC1. The van der Waals surface area contributed by atoms with Gasteiger partial charge in [-0.05, 0) is 48.8 Å². The molecule has 0 amide bonds. The van der Waals surface area contributed by atoms with Gasteiger partial charge in [-0.25, -0.2) is 0 Å². The second-order valence-corrected chi connectivity index (χ2v) is 5.01. The number of hydrogen-bond acceptors (Lipinski definition) is 2. The van der Waals surface area contributed by atoms with Gasteiger partial charge < -0.3 is 5.11 Å². The van der Waals surface area contributed by atoms with Crippen molar-refractivity contribution in [1.82, 2.24) is 0 Å². The number of nitriles is 1. The molecule has 1 fully saturated rings. The van der Waals surface area contributed by atoms with Crippen LogP contribution in [0.1, 0.15) is 38.2 Å². The second-order valence-electron chi connectivity index (χ2n) is 5.01. The number of phenolic OH excluding ortho intramolecular Hbond substituents is 1.